The van der Waals surface area contributed by atoms with Gasteiger partial charge in [-0.05, 0) is 44.1 Å². The van der Waals surface area contributed by atoms with E-state index in [1.165, 1.54) is 0 Å². The summed E-state index contributed by atoms with van der Waals surface area (Å²) in [5, 5.41) is 3.34. The minimum absolute atomic E-state index is 0.138. The minimum atomic E-state index is 0.138. The second-order valence-corrected chi connectivity index (χ2v) is 5.01. The number of rotatable bonds is 4. The highest BCUT2D eigenvalue weighted by molar-refractivity contribution is 6.00. The first-order valence-corrected chi connectivity index (χ1v) is 6.81. The zero-order valence-electron chi connectivity index (χ0n) is 11.7. The topological polar surface area (TPSA) is 41.6 Å². The van der Waals surface area contributed by atoms with E-state index >= 15 is 0 Å². The van der Waals surface area contributed by atoms with Crippen LogP contribution in [0.1, 0.15) is 22.3 Å². The van der Waals surface area contributed by atoms with Crippen molar-refractivity contribution in [2.75, 3.05) is 39.8 Å². The van der Waals surface area contributed by atoms with Crippen molar-refractivity contribution in [1.82, 2.24) is 10.2 Å². The fraction of sp³-hybridized carbons (Fsp3) is 0.533. The van der Waals surface area contributed by atoms with Gasteiger partial charge < -0.3 is 10.1 Å². The quantitative estimate of drug-likeness (QED) is 0.835. The van der Waals surface area contributed by atoms with Crippen LogP contribution in [0.3, 0.4) is 0 Å². The Morgan fingerprint density at radius 1 is 1.37 bits per heavy atom. The normalized spacial score (nSPS) is 16.9. The Morgan fingerprint density at radius 2 is 2.21 bits per heavy atom. The molecular weight excluding hydrogens is 240 g/mol. The molecule has 104 valence electrons. The van der Waals surface area contributed by atoms with Crippen molar-refractivity contribution in [3.63, 3.8) is 0 Å². The van der Waals surface area contributed by atoms with Crippen molar-refractivity contribution in [3.8, 4) is 5.75 Å². The fourth-order valence-corrected chi connectivity index (χ4v) is 2.38. The molecular formula is C15H22N2O2. The van der Waals surface area contributed by atoms with Crippen LogP contribution < -0.4 is 10.1 Å². The number of ketones is 1. The molecule has 1 saturated heterocycles. The molecule has 0 radical (unpaired) electrons. The molecule has 0 atom stereocenters. The van der Waals surface area contributed by atoms with Gasteiger partial charge in [0.05, 0.1) is 19.2 Å². The number of hydrogen-bond donors (Lipinski definition) is 1. The Balaban J connectivity index is 2.06. The average Bonchev–Trinajstić information content (AvgIpc) is 2.67. The number of nitrogens with zero attached hydrogens (tertiary/aromatic N) is 1. The molecule has 1 N–H and O–H groups in total. The van der Waals surface area contributed by atoms with Crippen molar-refractivity contribution in [3.05, 3.63) is 29.3 Å². The highest BCUT2D eigenvalue weighted by atomic mass is 16.5. The molecule has 0 aliphatic carbocycles. The maximum atomic E-state index is 12.4. The molecule has 0 saturated carbocycles. The number of nitrogens with one attached hydrogen (secondary N) is 1. The van der Waals surface area contributed by atoms with Crippen molar-refractivity contribution < 1.29 is 9.53 Å². The highest BCUT2D eigenvalue weighted by Crippen LogP contribution is 2.20. The first-order chi connectivity index (χ1) is 9.20. The minimum Gasteiger partial charge on any atom is -0.496 e. The largest absolute Gasteiger partial charge is 0.496 e. The molecule has 1 aliphatic rings. The SMILES string of the molecule is COc1cc(C)ccc1C(=O)CN1CCCNCC1. The maximum Gasteiger partial charge on any atom is 0.180 e. The highest BCUT2D eigenvalue weighted by Gasteiger charge is 2.17. The number of ether oxygens (including phenoxy) is 1. The van der Waals surface area contributed by atoms with Crippen LogP contribution in [0.2, 0.25) is 0 Å². The third-order valence-corrected chi connectivity index (χ3v) is 3.46. The summed E-state index contributed by atoms with van der Waals surface area (Å²) in [6.07, 6.45) is 1.10. The lowest BCUT2D eigenvalue weighted by Gasteiger charge is -2.19. The lowest BCUT2D eigenvalue weighted by molar-refractivity contribution is 0.0932. The van der Waals surface area contributed by atoms with Crippen LogP contribution in [0.25, 0.3) is 0 Å². The van der Waals surface area contributed by atoms with Crippen LogP contribution in [0, 0.1) is 6.92 Å². The second kappa shape index (κ2) is 6.68. The van der Waals surface area contributed by atoms with Crippen LogP contribution >= 0.6 is 0 Å². The number of benzene rings is 1. The molecule has 2 rings (SSSR count). The zero-order valence-corrected chi connectivity index (χ0v) is 11.7. The average molecular weight is 262 g/mol. The van der Waals surface area contributed by atoms with Gasteiger partial charge in [-0.1, -0.05) is 6.07 Å². The number of carbonyl (C=O) groups excluding carboxylic acids is 1. The Morgan fingerprint density at radius 3 is 3.00 bits per heavy atom. The van der Waals surface area contributed by atoms with Crippen LogP contribution in [0.5, 0.6) is 5.75 Å². The Bertz CT molecular complexity index is 438. The van der Waals surface area contributed by atoms with E-state index in [-0.39, 0.29) is 5.78 Å². The van der Waals surface area contributed by atoms with Gasteiger partial charge in [0.25, 0.3) is 0 Å². The van der Waals surface area contributed by atoms with Crippen LogP contribution in [-0.4, -0.2) is 50.5 Å². The molecule has 0 bridgehead atoms. The zero-order chi connectivity index (χ0) is 13.7. The summed E-state index contributed by atoms with van der Waals surface area (Å²) in [4.78, 5) is 14.6. The Kier molecular flexibility index (Phi) is 4.93. The van der Waals surface area contributed by atoms with E-state index in [4.69, 9.17) is 4.74 Å². The first-order valence-electron chi connectivity index (χ1n) is 6.81. The van der Waals surface area contributed by atoms with Gasteiger partial charge in [0, 0.05) is 13.1 Å². The van der Waals surface area contributed by atoms with E-state index in [9.17, 15) is 4.79 Å². The number of Topliss-reactive ketones (excluding diaryl/α,β-unsaturated/α-hetero) is 1. The summed E-state index contributed by atoms with van der Waals surface area (Å²) < 4.78 is 5.31. The fourth-order valence-electron chi connectivity index (χ4n) is 2.38. The van der Waals surface area contributed by atoms with Gasteiger partial charge >= 0.3 is 0 Å². The predicted molar refractivity (Wildman–Crippen MR) is 76.0 cm³/mol. The van der Waals surface area contributed by atoms with Crippen molar-refractivity contribution in [1.29, 1.82) is 0 Å². The van der Waals surface area contributed by atoms with E-state index in [1.54, 1.807) is 7.11 Å². The van der Waals surface area contributed by atoms with Gasteiger partial charge in [0.1, 0.15) is 5.75 Å². The molecule has 4 nitrogen and oxygen atoms in total. The number of methoxy groups -OCH3 is 1. The van der Waals surface area contributed by atoms with Crippen LogP contribution in [0.15, 0.2) is 18.2 Å². The molecule has 0 unspecified atom stereocenters. The maximum absolute atomic E-state index is 12.4. The molecule has 1 aromatic carbocycles. The number of carbonyl (C=O) groups is 1. The second-order valence-electron chi connectivity index (χ2n) is 5.01. The third-order valence-electron chi connectivity index (χ3n) is 3.46. The van der Waals surface area contributed by atoms with Gasteiger partial charge in [0.15, 0.2) is 5.78 Å². The monoisotopic (exact) mass is 262 g/mol. The molecule has 1 fully saturated rings. The molecule has 1 aromatic rings. The molecule has 0 amide bonds. The van der Waals surface area contributed by atoms with Gasteiger partial charge in [0.2, 0.25) is 0 Å². The van der Waals surface area contributed by atoms with Crippen LogP contribution in [0.4, 0.5) is 0 Å². The molecule has 0 aromatic heterocycles. The Hall–Kier alpha value is -1.39. The summed E-state index contributed by atoms with van der Waals surface area (Å²) >= 11 is 0. The van der Waals surface area contributed by atoms with Gasteiger partial charge in [-0.2, -0.15) is 0 Å². The smallest absolute Gasteiger partial charge is 0.180 e. The number of hydrogen-bond acceptors (Lipinski definition) is 4. The van der Waals surface area contributed by atoms with E-state index < -0.39 is 0 Å². The lowest BCUT2D eigenvalue weighted by atomic mass is 10.1. The predicted octanol–water partition coefficient (Wildman–Crippen LogP) is 1.48. The summed E-state index contributed by atoms with van der Waals surface area (Å²) in [6, 6.07) is 5.74. The summed E-state index contributed by atoms with van der Waals surface area (Å²) in [5.41, 5.74) is 1.79. The molecule has 19 heavy (non-hydrogen) atoms. The van der Waals surface area contributed by atoms with Crippen molar-refractivity contribution >= 4 is 5.78 Å². The van der Waals surface area contributed by atoms with E-state index in [1.807, 2.05) is 25.1 Å². The summed E-state index contributed by atoms with van der Waals surface area (Å²) in [5.74, 6) is 0.816. The summed E-state index contributed by atoms with van der Waals surface area (Å²) in [7, 11) is 1.61. The van der Waals surface area contributed by atoms with Gasteiger partial charge in [-0.25, -0.2) is 0 Å². The summed E-state index contributed by atoms with van der Waals surface area (Å²) in [6.45, 7) is 6.38. The van der Waals surface area contributed by atoms with Gasteiger partial charge in [-0.3, -0.25) is 9.69 Å². The van der Waals surface area contributed by atoms with Gasteiger partial charge in [-0.15, -0.1) is 0 Å². The number of aryl methyl sites for hydroxylation is 1. The lowest BCUT2D eigenvalue weighted by Crippen LogP contribution is -2.33. The first kappa shape index (κ1) is 14.0. The standard InChI is InChI=1S/C15H22N2O2/c1-12-4-5-13(15(10-12)19-2)14(18)11-17-8-3-6-16-7-9-17/h4-5,10,16H,3,6-9,11H2,1-2H3. The Labute approximate surface area is 114 Å². The van der Waals surface area contributed by atoms with Crippen LogP contribution in [-0.2, 0) is 0 Å². The van der Waals surface area contributed by atoms with Crippen molar-refractivity contribution in [2.45, 2.75) is 13.3 Å². The van der Waals surface area contributed by atoms with Crippen molar-refractivity contribution in [2.24, 2.45) is 0 Å². The molecule has 1 heterocycles. The van der Waals surface area contributed by atoms with E-state index in [0.29, 0.717) is 17.9 Å². The van der Waals surface area contributed by atoms with E-state index in [2.05, 4.69) is 10.2 Å². The molecule has 1 aliphatic heterocycles. The van der Waals surface area contributed by atoms with E-state index in [0.717, 1.165) is 38.2 Å². The third kappa shape index (κ3) is 3.78. The molecule has 0 spiro atoms. The molecule has 4 heteroatoms.